The molecule has 4 heterocycles. The predicted molar refractivity (Wildman–Crippen MR) is 150 cm³/mol. The second kappa shape index (κ2) is 10.1. The third-order valence-electron chi connectivity index (χ3n) is 7.03. The summed E-state index contributed by atoms with van der Waals surface area (Å²) < 4.78 is 28.7. The summed E-state index contributed by atoms with van der Waals surface area (Å²) in [5, 5.41) is 21.4. The predicted octanol–water partition coefficient (Wildman–Crippen LogP) is 3.03. The van der Waals surface area contributed by atoms with Crippen molar-refractivity contribution in [1.29, 1.82) is 0 Å². The van der Waals surface area contributed by atoms with Crippen LogP contribution >= 0.6 is 0 Å². The van der Waals surface area contributed by atoms with E-state index in [1.807, 2.05) is 4.90 Å². The molecule has 1 aliphatic heterocycles. The number of hydrogen-bond donors (Lipinski definition) is 3. The molecule has 40 heavy (non-hydrogen) atoms. The lowest BCUT2D eigenvalue weighted by molar-refractivity contribution is -0.000473. The molecule has 1 fully saturated rings. The lowest BCUT2D eigenvalue weighted by Gasteiger charge is -2.47. The van der Waals surface area contributed by atoms with Gasteiger partial charge in [-0.25, -0.2) is 32.1 Å². The van der Waals surface area contributed by atoms with E-state index >= 15 is 0 Å². The Labute approximate surface area is 231 Å². The molecule has 0 spiro atoms. The minimum atomic E-state index is -4.04. The number of hydrogen-bond acceptors (Lipinski definition) is 9. The molecule has 1 saturated heterocycles. The summed E-state index contributed by atoms with van der Waals surface area (Å²) >= 11 is 0. The number of piperidine rings is 1. The van der Waals surface area contributed by atoms with Gasteiger partial charge in [-0.3, -0.25) is 4.90 Å². The number of nitrogens with zero attached hydrogens (tertiary/aromatic N) is 6. The van der Waals surface area contributed by atoms with Gasteiger partial charge in [-0.05, 0) is 51.5 Å². The molecule has 0 saturated carbocycles. The summed E-state index contributed by atoms with van der Waals surface area (Å²) in [7, 11) is -4.04. The Kier molecular flexibility index (Phi) is 6.88. The molecular formula is C27H31N7O5S. The molecule has 0 unspecified atom stereocenters. The summed E-state index contributed by atoms with van der Waals surface area (Å²) in [6.45, 7) is 5.94. The number of benzene rings is 1. The van der Waals surface area contributed by atoms with Crippen LogP contribution in [0.3, 0.4) is 0 Å². The fourth-order valence-corrected chi connectivity index (χ4v) is 6.64. The first-order valence-electron chi connectivity index (χ1n) is 12.7. The zero-order valence-corrected chi connectivity index (χ0v) is 23.2. The van der Waals surface area contributed by atoms with Crippen molar-refractivity contribution < 1.29 is 23.4 Å². The molecule has 0 aliphatic carbocycles. The summed E-state index contributed by atoms with van der Waals surface area (Å²) in [6.07, 6.45) is 2.80. The molecule has 1 aromatic carbocycles. The van der Waals surface area contributed by atoms with Gasteiger partial charge < -0.3 is 20.8 Å². The van der Waals surface area contributed by atoms with Crippen molar-refractivity contribution in [3.05, 3.63) is 61.1 Å². The number of nitrogens with two attached hydrogens (primary N) is 1. The highest BCUT2D eigenvalue weighted by Crippen LogP contribution is 2.39. The van der Waals surface area contributed by atoms with Crippen molar-refractivity contribution in [2.45, 2.75) is 49.8 Å². The number of rotatable bonds is 5. The van der Waals surface area contributed by atoms with Crippen LogP contribution in [0.4, 0.5) is 16.4 Å². The number of carbonyl (C=O) groups is 1. The number of aliphatic hydroxyl groups excluding tert-OH is 1. The molecule has 0 radical (unpaired) electrons. The number of fused-ring (bicyclic) bond motifs is 1. The molecule has 0 bridgehead atoms. The standard InChI is InChI=1S/C27H31N7O5S/c1-27(2,3)34(26(36)37)21-16-32(14-11-22(21)35)20-10-13-29-24-23(20)18(19-9-12-30-25(28)31-19)15-33(24)40(38,39)17-7-5-4-6-8-17/h4-10,12-13,15,21-22,35H,11,14,16H2,1-3H3,(H,36,37)(H2,28,30,31)/t21-,22-/m0/s1. The van der Waals surface area contributed by atoms with Gasteiger partial charge in [0.15, 0.2) is 5.65 Å². The Hall–Kier alpha value is -4.23. The van der Waals surface area contributed by atoms with Crippen LogP contribution in [0, 0.1) is 0 Å². The first-order chi connectivity index (χ1) is 18.9. The molecular weight excluding hydrogens is 534 g/mol. The minimum Gasteiger partial charge on any atom is -0.465 e. The van der Waals surface area contributed by atoms with Gasteiger partial charge in [-0.15, -0.1) is 0 Å². The maximum absolute atomic E-state index is 13.8. The summed E-state index contributed by atoms with van der Waals surface area (Å²) in [5.74, 6) is 0.0261. The van der Waals surface area contributed by atoms with Crippen LogP contribution in [0.5, 0.6) is 0 Å². The van der Waals surface area contributed by atoms with Gasteiger partial charge in [0.1, 0.15) is 0 Å². The molecule has 2 atom stereocenters. The van der Waals surface area contributed by atoms with Crippen LogP contribution in [0.1, 0.15) is 27.2 Å². The van der Waals surface area contributed by atoms with E-state index in [4.69, 9.17) is 5.73 Å². The number of anilines is 2. The third kappa shape index (κ3) is 4.82. The minimum absolute atomic E-state index is 0.0261. The largest absolute Gasteiger partial charge is 0.465 e. The highest BCUT2D eigenvalue weighted by molar-refractivity contribution is 7.90. The average Bonchev–Trinajstić information content (AvgIpc) is 3.30. The van der Waals surface area contributed by atoms with Gasteiger partial charge in [0, 0.05) is 42.8 Å². The molecule has 4 aromatic rings. The van der Waals surface area contributed by atoms with E-state index in [0.717, 1.165) is 3.97 Å². The van der Waals surface area contributed by atoms with Gasteiger partial charge in [0.2, 0.25) is 5.95 Å². The number of aliphatic hydroxyl groups is 1. The number of amides is 1. The molecule has 4 N–H and O–H groups in total. The van der Waals surface area contributed by atoms with Crippen molar-refractivity contribution in [3.63, 3.8) is 0 Å². The second-order valence-corrected chi connectivity index (χ2v) is 12.5. The SMILES string of the molecule is CC(C)(C)N(C(=O)O)[C@H]1CN(c2ccnc3c2c(-c2ccnc(N)n2)cn3S(=O)(=O)c2ccccc2)CC[C@@H]1O. The fourth-order valence-electron chi connectivity index (χ4n) is 5.30. The number of aromatic nitrogens is 4. The Balaban J connectivity index is 1.71. The van der Waals surface area contributed by atoms with Gasteiger partial charge in [0.25, 0.3) is 10.0 Å². The highest BCUT2D eigenvalue weighted by Gasteiger charge is 2.41. The van der Waals surface area contributed by atoms with Crippen molar-refractivity contribution in [2.24, 2.45) is 0 Å². The quantitative estimate of drug-likeness (QED) is 0.327. The second-order valence-electron chi connectivity index (χ2n) is 10.7. The number of nitrogen functional groups attached to an aromatic ring is 1. The van der Waals surface area contributed by atoms with E-state index in [-0.39, 0.29) is 23.0 Å². The van der Waals surface area contributed by atoms with Gasteiger partial charge >= 0.3 is 6.09 Å². The third-order valence-corrected chi connectivity index (χ3v) is 8.70. The molecule has 12 nitrogen and oxygen atoms in total. The van der Waals surface area contributed by atoms with Crippen LogP contribution in [-0.2, 0) is 10.0 Å². The molecule has 5 rings (SSSR count). The molecule has 1 aliphatic rings. The van der Waals surface area contributed by atoms with E-state index in [1.165, 1.54) is 35.6 Å². The van der Waals surface area contributed by atoms with Crippen LogP contribution < -0.4 is 10.6 Å². The van der Waals surface area contributed by atoms with Crippen molar-refractivity contribution >= 4 is 38.8 Å². The van der Waals surface area contributed by atoms with E-state index in [9.17, 15) is 23.4 Å². The zero-order chi connectivity index (χ0) is 28.8. The molecule has 3 aromatic heterocycles. The lowest BCUT2D eigenvalue weighted by atomic mass is 9.94. The van der Waals surface area contributed by atoms with Crippen molar-refractivity contribution in [2.75, 3.05) is 23.7 Å². The average molecular weight is 566 g/mol. The van der Waals surface area contributed by atoms with Crippen LogP contribution in [0.15, 0.2) is 66.0 Å². The Morgan fingerprint density at radius 3 is 2.45 bits per heavy atom. The van der Waals surface area contributed by atoms with E-state index < -0.39 is 33.8 Å². The van der Waals surface area contributed by atoms with E-state index in [2.05, 4.69) is 15.0 Å². The normalized spacial score (nSPS) is 18.1. The number of carboxylic acid groups (broad SMARTS) is 1. The lowest BCUT2D eigenvalue weighted by Crippen LogP contribution is -2.62. The van der Waals surface area contributed by atoms with E-state index in [1.54, 1.807) is 51.1 Å². The Morgan fingerprint density at radius 2 is 1.80 bits per heavy atom. The summed E-state index contributed by atoms with van der Waals surface area (Å²) in [6, 6.07) is 10.7. The summed E-state index contributed by atoms with van der Waals surface area (Å²) in [5.41, 5.74) is 6.82. The molecule has 13 heteroatoms. The topological polar surface area (TPSA) is 168 Å². The smallest absolute Gasteiger partial charge is 0.408 e. The first kappa shape index (κ1) is 27.3. The van der Waals surface area contributed by atoms with Gasteiger partial charge in [0.05, 0.1) is 33.8 Å². The van der Waals surface area contributed by atoms with Crippen LogP contribution in [0.2, 0.25) is 0 Å². The van der Waals surface area contributed by atoms with Crippen molar-refractivity contribution in [3.8, 4) is 11.3 Å². The zero-order valence-electron chi connectivity index (χ0n) is 22.3. The maximum Gasteiger partial charge on any atom is 0.408 e. The van der Waals surface area contributed by atoms with Crippen LogP contribution in [-0.4, -0.2) is 79.3 Å². The van der Waals surface area contributed by atoms with Gasteiger partial charge in [-0.1, -0.05) is 18.2 Å². The summed E-state index contributed by atoms with van der Waals surface area (Å²) in [4.78, 5) is 28.4. The molecule has 210 valence electrons. The first-order valence-corrected chi connectivity index (χ1v) is 14.2. The van der Waals surface area contributed by atoms with Gasteiger partial charge in [-0.2, -0.15) is 0 Å². The highest BCUT2D eigenvalue weighted by atomic mass is 32.2. The van der Waals surface area contributed by atoms with Crippen molar-refractivity contribution in [1.82, 2.24) is 23.8 Å². The van der Waals surface area contributed by atoms with Crippen LogP contribution in [0.25, 0.3) is 22.3 Å². The van der Waals surface area contributed by atoms with E-state index in [0.29, 0.717) is 35.3 Å². The Morgan fingerprint density at radius 1 is 1.10 bits per heavy atom. The monoisotopic (exact) mass is 565 g/mol. The molecule has 1 amide bonds. The Bertz CT molecular complexity index is 1670. The number of pyridine rings is 1. The fraction of sp³-hybridized carbons (Fsp3) is 0.333. The maximum atomic E-state index is 13.8.